The molecule has 2 heterocycles. The molecule has 0 radical (unpaired) electrons. The van der Waals surface area contributed by atoms with Gasteiger partial charge < -0.3 is 0 Å². The number of hydrogen-bond acceptors (Lipinski definition) is 1. The van der Waals surface area contributed by atoms with Crippen molar-refractivity contribution < 1.29 is 74.6 Å². The van der Waals surface area contributed by atoms with Crippen LogP contribution in [-0.4, -0.2) is 58.3 Å². The first-order chi connectivity index (χ1) is 11.4. The molecule has 0 N–H and O–H groups in total. The summed E-state index contributed by atoms with van der Waals surface area (Å²) >= 11 is 0. The minimum Gasteiger partial charge on any atom is -0.212 e. The Bertz CT molecular complexity index is 609. The van der Waals surface area contributed by atoms with E-state index in [0.29, 0.717) is 0 Å². The first-order valence-electron chi connectivity index (χ1n) is 5.88. The van der Waals surface area contributed by atoms with Crippen molar-refractivity contribution in [2.45, 2.75) is 53.4 Å². The molecule has 2 aliphatic heterocycles. The monoisotopic (exact) mass is 445 g/mol. The van der Waals surface area contributed by atoms with Crippen LogP contribution in [0, 0.1) is 0 Å². The minimum atomic E-state index is -8.14. The Morgan fingerprint density at radius 1 is 0.296 bits per heavy atom. The van der Waals surface area contributed by atoms with Gasteiger partial charge in [-0.3, -0.25) is 0 Å². The number of piperidine rings is 2. The van der Waals surface area contributed by atoms with Crippen LogP contribution in [-0.2, 0) is 0 Å². The summed E-state index contributed by atoms with van der Waals surface area (Å²) in [6.07, 6.45) is 0. The van der Waals surface area contributed by atoms with Crippen LogP contribution in [0.25, 0.3) is 0 Å². The molecule has 1 nitrogen and oxygen atoms in total. The van der Waals surface area contributed by atoms with Crippen LogP contribution in [0.1, 0.15) is 0 Å². The van der Waals surface area contributed by atoms with Crippen molar-refractivity contribution in [3.8, 4) is 0 Å². The van der Waals surface area contributed by atoms with E-state index in [9.17, 15) is 74.6 Å². The number of fused-ring (bicyclic) bond motifs is 1. The minimum absolute atomic E-state index is 4.30. The Balaban J connectivity index is 3.11. The Kier molecular flexibility index (Phi) is 3.68. The van der Waals surface area contributed by atoms with Crippen molar-refractivity contribution in [3.63, 3.8) is 0 Å². The molecule has 160 valence electrons. The summed E-state index contributed by atoms with van der Waals surface area (Å²) in [6.45, 7) is 0. The normalized spacial score (nSPS) is 35.9. The van der Waals surface area contributed by atoms with Gasteiger partial charge >= 0.3 is 53.4 Å². The van der Waals surface area contributed by atoms with Crippen molar-refractivity contribution in [2.24, 2.45) is 0 Å². The second kappa shape index (κ2) is 4.50. The molecule has 2 fully saturated rings. The predicted molar refractivity (Wildman–Crippen MR) is 45.3 cm³/mol. The first-order valence-corrected chi connectivity index (χ1v) is 5.88. The molecule has 2 rings (SSSR count). The van der Waals surface area contributed by atoms with Crippen LogP contribution >= 0.6 is 0 Å². The Morgan fingerprint density at radius 3 is 0.741 bits per heavy atom. The Labute approximate surface area is 134 Å². The van der Waals surface area contributed by atoms with Gasteiger partial charge in [-0.2, -0.15) is 70.2 Å². The standard InChI is InChI=1S/C9F17N/c10-1(11)3(14,15)7(22)4(16,17)2(12,13)6(20,21)9(25,26)27(7)8(23,24)5(1,18)19. The van der Waals surface area contributed by atoms with Crippen molar-refractivity contribution in [2.75, 3.05) is 0 Å². The molecule has 0 aromatic carbocycles. The second-order valence-corrected chi connectivity index (χ2v) is 5.49. The van der Waals surface area contributed by atoms with Gasteiger partial charge in [-0.25, -0.2) is 4.39 Å². The lowest BCUT2D eigenvalue weighted by atomic mass is 9.75. The molecule has 0 atom stereocenters. The van der Waals surface area contributed by atoms with E-state index in [1.807, 2.05) is 0 Å². The molecule has 2 saturated heterocycles. The van der Waals surface area contributed by atoms with Gasteiger partial charge in [0.25, 0.3) is 0 Å². The molecule has 0 amide bonds. The third-order valence-electron chi connectivity index (χ3n) is 4.03. The van der Waals surface area contributed by atoms with Gasteiger partial charge in [-0.15, -0.1) is 4.90 Å². The van der Waals surface area contributed by atoms with Gasteiger partial charge in [-0.05, 0) is 0 Å². The second-order valence-electron chi connectivity index (χ2n) is 5.49. The highest BCUT2D eigenvalue weighted by Crippen LogP contribution is 2.75. The van der Waals surface area contributed by atoms with E-state index < -0.39 is 58.3 Å². The maximum atomic E-state index is 14.1. The molecule has 0 bridgehead atoms. The summed E-state index contributed by atoms with van der Waals surface area (Å²) in [5, 5.41) is 0. The van der Waals surface area contributed by atoms with Crippen molar-refractivity contribution in [1.82, 2.24) is 4.90 Å². The molecule has 18 heteroatoms. The van der Waals surface area contributed by atoms with Crippen LogP contribution in [0.2, 0.25) is 0 Å². The zero-order valence-corrected chi connectivity index (χ0v) is 11.4. The topological polar surface area (TPSA) is 3.24 Å². The van der Waals surface area contributed by atoms with Crippen LogP contribution in [0.15, 0.2) is 0 Å². The van der Waals surface area contributed by atoms with Crippen molar-refractivity contribution in [1.29, 1.82) is 0 Å². The summed E-state index contributed by atoms with van der Waals surface area (Å²) in [5.41, 5.74) is 0. The zero-order valence-electron chi connectivity index (χ0n) is 11.4. The maximum absolute atomic E-state index is 14.1. The molecule has 0 unspecified atom stereocenters. The van der Waals surface area contributed by atoms with E-state index in [1.165, 1.54) is 0 Å². The SMILES string of the molecule is FC1(F)N2C(F)(F)C(F)(F)C(F)(F)C(F)(F)C2(F)C(F)(F)C(F)(F)C1(F)F. The number of rotatable bonds is 0. The average Bonchev–Trinajstić information content (AvgIpc) is 2.42. The highest BCUT2D eigenvalue weighted by Gasteiger charge is 3.08. The lowest BCUT2D eigenvalue weighted by molar-refractivity contribution is -0.589. The number of alkyl halides is 17. The number of hydrogen-bond donors (Lipinski definition) is 0. The average molecular weight is 445 g/mol. The Hall–Kier alpha value is -1.23. The van der Waals surface area contributed by atoms with E-state index in [1.54, 1.807) is 0 Å². The van der Waals surface area contributed by atoms with E-state index in [-0.39, 0.29) is 0 Å². The molecule has 2 aliphatic rings. The number of halogens is 17. The third-order valence-corrected chi connectivity index (χ3v) is 4.03. The van der Waals surface area contributed by atoms with Crippen molar-refractivity contribution >= 4 is 0 Å². The fraction of sp³-hybridized carbons (Fsp3) is 1.00. The lowest BCUT2D eigenvalue weighted by Crippen LogP contribution is -2.95. The van der Waals surface area contributed by atoms with Crippen molar-refractivity contribution in [3.05, 3.63) is 0 Å². The fourth-order valence-electron chi connectivity index (χ4n) is 2.51. The predicted octanol–water partition coefficient (Wildman–Crippen LogP) is 4.98. The van der Waals surface area contributed by atoms with Gasteiger partial charge in [0.2, 0.25) is 0 Å². The molecule has 0 aromatic rings. The molecule has 27 heavy (non-hydrogen) atoms. The number of nitrogens with zero attached hydrogens (tertiary/aromatic N) is 1. The molecular formula is C9F17N. The third kappa shape index (κ3) is 1.63. The summed E-state index contributed by atoms with van der Waals surface area (Å²) in [4.78, 5) is -4.30. The zero-order chi connectivity index (χ0) is 22.1. The van der Waals surface area contributed by atoms with Gasteiger partial charge in [0.1, 0.15) is 0 Å². The highest BCUT2D eigenvalue weighted by atomic mass is 19.4. The fourth-order valence-corrected chi connectivity index (χ4v) is 2.51. The van der Waals surface area contributed by atoms with Gasteiger partial charge in [-0.1, -0.05) is 0 Å². The smallest absolute Gasteiger partial charge is 0.212 e. The summed E-state index contributed by atoms with van der Waals surface area (Å²) in [6, 6.07) is -15.8. The van der Waals surface area contributed by atoms with E-state index in [2.05, 4.69) is 0 Å². The van der Waals surface area contributed by atoms with Gasteiger partial charge in [0.15, 0.2) is 0 Å². The highest BCUT2D eigenvalue weighted by molar-refractivity contribution is 5.29. The van der Waals surface area contributed by atoms with Crippen LogP contribution in [0.5, 0.6) is 0 Å². The van der Waals surface area contributed by atoms with E-state index >= 15 is 0 Å². The van der Waals surface area contributed by atoms with Crippen LogP contribution < -0.4 is 0 Å². The summed E-state index contributed by atoms with van der Waals surface area (Å²) in [5.74, 6) is -56.1. The summed E-state index contributed by atoms with van der Waals surface area (Å²) < 4.78 is 226. The summed E-state index contributed by atoms with van der Waals surface area (Å²) in [7, 11) is 0. The first kappa shape index (κ1) is 22.1. The maximum Gasteiger partial charge on any atom is 0.393 e. The largest absolute Gasteiger partial charge is 0.393 e. The van der Waals surface area contributed by atoms with Crippen LogP contribution in [0.4, 0.5) is 74.6 Å². The molecule has 0 aliphatic carbocycles. The Morgan fingerprint density at radius 2 is 0.519 bits per heavy atom. The molecular weight excluding hydrogens is 445 g/mol. The quantitative estimate of drug-likeness (QED) is 0.376. The van der Waals surface area contributed by atoms with Gasteiger partial charge in [0.05, 0.1) is 0 Å². The lowest BCUT2D eigenvalue weighted by Gasteiger charge is -2.62. The molecule has 0 saturated carbocycles. The van der Waals surface area contributed by atoms with Gasteiger partial charge in [0, 0.05) is 0 Å². The molecule has 0 spiro atoms. The van der Waals surface area contributed by atoms with E-state index in [0.717, 1.165) is 0 Å². The van der Waals surface area contributed by atoms with E-state index in [4.69, 9.17) is 0 Å². The van der Waals surface area contributed by atoms with Crippen LogP contribution in [0.3, 0.4) is 0 Å². The molecule has 0 aromatic heterocycles.